The van der Waals surface area contributed by atoms with Crippen LogP contribution in [-0.2, 0) is 16.0 Å². The first-order chi connectivity index (χ1) is 8.58. The van der Waals surface area contributed by atoms with Gasteiger partial charge in [0.15, 0.2) is 0 Å². The second-order valence-corrected chi connectivity index (χ2v) is 4.40. The first kappa shape index (κ1) is 14.2. The fourth-order valence-electron chi connectivity index (χ4n) is 1.63. The highest BCUT2D eigenvalue weighted by molar-refractivity contribution is 5.83. The van der Waals surface area contributed by atoms with E-state index < -0.39 is 0 Å². The average Bonchev–Trinajstić information content (AvgIpc) is 2.35. The predicted octanol–water partition coefficient (Wildman–Crippen LogP) is 1.26. The number of benzene rings is 1. The topological polar surface area (TPSA) is 58.2 Å². The first-order valence-corrected chi connectivity index (χ1v) is 6.15. The number of nitrogens with one attached hydrogen (secondary N) is 2. The Labute approximate surface area is 108 Å². The molecule has 0 aliphatic carbocycles. The summed E-state index contributed by atoms with van der Waals surface area (Å²) in [4.78, 5) is 22.1. The van der Waals surface area contributed by atoms with E-state index in [4.69, 9.17) is 0 Å². The van der Waals surface area contributed by atoms with Crippen LogP contribution in [0.25, 0.3) is 0 Å². The van der Waals surface area contributed by atoms with Gasteiger partial charge in [0.1, 0.15) is 0 Å². The van der Waals surface area contributed by atoms with Crippen LogP contribution in [0.1, 0.15) is 25.8 Å². The number of hydrogen-bond donors (Lipinski definition) is 2. The van der Waals surface area contributed by atoms with Crippen molar-refractivity contribution in [2.24, 2.45) is 0 Å². The summed E-state index contributed by atoms with van der Waals surface area (Å²) >= 11 is 0. The number of carbonyl (C=O) groups excluding carboxylic acids is 2. The van der Waals surface area contributed by atoms with E-state index in [1.807, 2.05) is 25.1 Å². The number of carbonyl (C=O) groups is 2. The van der Waals surface area contributed by atoms with Crippen molar-refractivity contribution in [2.75, 3.05) is 6.54 Å². The van der Waals surface area contributed by atoms with Gasteiger partial charge in [-0.05, 0) is 25.3 Å². The van der Waals surface area contributed by atoms with Crippen LogP contribution in [-0.4, -0.2) is 24.4 Å². The Morgan fingerprint density at radius 3 is 2.50 bits per heavy atom. The van der Waals surface area contributed by atoms with E-state index in [1.165, 1.54) is 12.5 Å². The Balaban J connectivity index is 2.23. The van der Waals surface area contributed by atoms with Crippen LogP contribution in [0.3, 0.4) is 0 Å². The summed E-state index contributed by atoms with van der Waals surface area (Å²) in [6.45, 7) is 3.41. The third-order valence-electron chi connectivity index (χ3n) is 2.61. The summed E-state index contributed by atoms with van der Waals surface area (Å²) in [6.07, 6.45) is 1.82. The van der Waals surface area contributed by atoms with Gasteiger partial charge in [-0.25, -0.2) is 0 Å². The van der Waals surface area contributed by atoms with Crippen molar-refractivity contribution < 1.29 is 9.59 Å². The molecule has 0 unspecified atom stereocenters. The van der Waals surface area contributed by atoms with Crippen LogP contribution >= 0.6 is 0 Å². The number of rotatable bonds is 6. The lowest BCUT2D eigenvalue weighted by Gasteiger charge is -2.14. The van der Waals surface area contributed by atoms with Crippen LogP contribution < -0.4 is 10.6 Å². The van der Waals surface area contributed by atoms with Crippen molar-refractivity contribution >= 4 is 11.8 Å². The monoisotopic (exact) mass is 248 g/mol. The quantitative estimate of drug-likeness (QED) is 0.796. The van der Waals surface area contributed by atoms with Gasteiger partial charge >= 0.3 is 0 Å². The molecule has 4 heteroatoms. The van der Waals surface area contributed by atoms with Crippen molar-refractivity contribution in [3.63, 3.8) is 0 Å². The van der Waals surface area contributed by atoms with Crippen LogP contribution in [0.2, 0.25) is 0 Å². The summed E-state index contributed by atoms with van der Waals surface area (Å²) in [5.41, 5.74) is 1.26. The standard InChI is InChI=1S/C14H20N2O2/c1-11(16-14(18)10-15-12(2)17)8-9-13-6-4-3-5-7-13/h3-7,11H,8-10H2,1-2H3,(H,15,17)(H,16,18)/t11-/m0/s1. The Bertz CT molecular complexity index is 390. The molecule has 0 heterocycles. The summed E-state index contributed by atoms with van der Waals surface area (Å²) in [6, 6.07) is 10.3. The molecule has 2 N–H and O–H groups in total. The Kier molecular flexibility index (Phi) is 5.91. The van der Waals surface area contributed by atoms with Gasteiger partial charge in [-0.1, -0.05) is 30.3 Å². The summed E-state index contributed by atoms with van der Waals surface area (Å²) < 4.78 is 0. The Hall–Kier alpha value is -1.84. The van der Waals surface area contributed by atoms with Crippen molar-refractivity contribution in [3.05, 3.63) is 35.9 Å². The maximum atomic E-state index is 11.4. The molecule has 0 radical (unpaired) electrons. The zero-order chi connectivity index (χ0) is 13.4. The number of amides is 2. The van der Waals surface area contributed by atoms with Crippen LogP contribution in [0.4, 0.5) is 0 Å². The van der Waals surface area contributed by atoms with E-state index >= 15 is 0 Å². The number of aryl methyl sites for hydroxylation is 1. The lowest BCUT2D eigenvalue weighted by atomic mass is 10.1. The molecule has 1 aromatic rings. The van der Waals surface area contributed by atoms with Crippen LogP contribution in [0, 0.1) is 0 Å². The van der Waals surface area contributed by atoms with Gasteiger partial charge in [0.25, 0.3) is 0 Å². The first-order valence-electron chi connectivity index (χ1n) is 6.15. The maximum absolute atomic E-state index is 11.4. The molecule has 0 spiro atoms. The molecule has 18 heavy (non-hydrogen) atoms. The maximum Gasteiger partial charge on any atom is 0.239 e. The third kappa shape index (κ3) is 6.03. The zero-order valence-corrected chi connectivity index (χ0v) is 10.9. The van der Waals surface area contributed by atoms with Crippen molar-refractivity contribution in [2.45, 2.75) is 32.7 Å². The Morgan fingerprint density at radius 1 is 1.22 bits per heavy atom. The Morgan fingerprint density at radius 2 is 1.89 bits per heavy atom. The van der Waals surface area contributed by atoms with E-state index in [2.05, 4.69) is 22.8 Å². The highest BCUT2D eigenvalue weighted by Gasteiger charge is 2.07. The molecular formula is C14H20N2O2. The third-order valence-corrected chi connectivity index (χ3v) is 2.61. The van der Waals surface area contributed by atoms with E-state index in [0.29, 0.717) is 0 Å². The molecule has 2 amide bonds. The molecule has 0 fully saturated rings. The van der Waals surface area contributed by atoms with Gasteiger partial charge in [0.2, 0.25) is 11.8 Å². The SMILES string of the molecule is CC(=O)NCC(=O)N[C@@H](C)CCc1ccccc1. The molecule has 1 aromatic carbocycles. The smallest absolute Gasteiger partial charge is 0.239 e. The van der Waals surface area contributed by atoms with Crippen molar-refractivity contribution in [1.29, 1.82) is 0 Å². The van der Waals surface area contributed by atoms with Crippen LogP contribution in [0.15, 0.2) is 30.3 Å². The summed E-state index contributed by atoms with van der Waals surface area (Å²) in [7, 11) is 0. The second kappa shape index (κ2) is 7.48. The van der Waals surface area contributed by atoms with E-state index in [-0.39, 0.29) is 24.4 Å². The lowest BCUT2D eigenvalue weighted by Crippen LogP contribution is -2.40. The molecule has 0 saturated carbocycles. The van der Waals surface area contributed by atoms with Crippen molar-refractivity contribution in [1.82, 2.24) is 10.6 Å². The molecule has 0 bridgehead atoms. The highest BCUT2D eigenvalue weighted by Crippen LogP contribution is 2.04. The van der Waals surface area contributed by atoms with E-state index in [1.54, 1.807) is 0 Å². The fourth-order valence-corrected chi connectivity index (χ4v) is 1.63. The molecule has 4 nitrogen and oxygen atoms in total. The molecule has 1 rings (SSSR count). The zero-order valence-electron chi connectivity index (χ0n) is 10.9. The molecule has 1 atom stereocenters. The van der Waals surface area contributed by atoms with Gasteiger partial charge in [0.05, 0.1) is 6.54 Å². The molecular weight excluding hydrogens is 228 g/mol. The fraction of sp³-hybridized carbons (Fsp3) is 0.429. The minimum absolute atomic E-state index is 0.0466. The minimum Gasteiger partial charge on any atom is -0.352 e. The normalized spacial score (nSPS) is 11.7. The van der Waals surface area contributed by atoms with E-state index in [9.17, 15) is 9.59 Å². The van der Waals surface area contributed by atoms with Crippen LogP contribution in [0.5, 0.6) is 0 Å². The molecule has 0 saturated heterocycles. The molecule has 0 aliphatic rings. The average molecular weight is 248 g/mol. The van der Waals surface area contributed by atoms with Crippen molar-refractivity contribution in [3.8, 4) is 0 Å². The number of hydrogen-bond acceptors (Lipinski definition) is 2. The molecule has 0 aliphatic heterocycles. The highest BCUT2D eigenvalue weighted by atomic mass is 16.2. The van der Waals surface area contributed by atoms with Gasteiger partial charge < -0.3 is 10.6 Å². The molecule has 0 aromatic heterocycles. The summed E-state index contributed by atoms with van der Waals surface area (Å²) in [5.74, 6) is -0.340. The summed E-state index contributed by atoms with van der Waals surface area (Å²) in [5, 5.41) is 5.33. The lowest BCUT2D eigenvalue weighted by molar-refractivity contribution is -0.125. The van der Waals surface area contributed by atoms with Gasteiger partial charge in [-0.15, -0.1) is 0 Å². The van der Waals surface area contributed by atoms with Gasteiger partial charge in [0, 0.05) is 13.0 Å². The largest absolute Gasteiger partial charge is 0.352 e. The second-order valence-electron chi connectivity index (χ2n) is 4.40. The predicted molar refractivity (Wildman–Crippen MR) is 71.1 cm³/mol. The van der Waals surface area contributed by atoms with Gasteiger partial charge in [-0.3, -0.25) is 9.59 Å². The van der Waals surface area contributed by atoms with Gasteiger partial charge in [-0.2, -0.15) is 0 Å². The minimum atomic E-state index is -0.193. The molecule has 98 valence electrons. The van der Waals surface area contributed by atoms with E-state index in [0.717, 1.165) is 12.8 Å².